The fourth-order valence-corrected chi connectivity index (χ4v) is 3.62. The van der Waals surface area contributed by atoms with Gasteiger partial charge < -0.3 is 10.1 Å². The van der Waals surface area contributed by atoms with Crippen LogP contribution in [0, 0.1) is 11.8 Å². The summed E-state index contributed by atoms with van der Waals surface area (Å²) in [6, 6.07) is 0. The number of ether oxygens (including phenoxy) is 1. The average molecular weight is 296 g/mol. The van der Waals surface area contributed by atoms with Crippen LogP contribution in [0.1, 0.15) is 56.4 Å². The summed E-state index contributed by atoms with van der Waals surface area (Å²) in [7, 11) is 0. The van der Waals surface area contributed by atoms with Gasteiger partial charge in [0.05, 0.1) is 12.1 Å². The summed E-state index contributed by atoms with van der Waals surface area (Å²) in [4.78, 5) is 15.8. The van der Waals surface area contributed by atoms with Crippen LogP contribution in [-0.4, -0.2) is 24.1 Å². The molecule has 0 aliphatic heterocycles. The van der Waals surface area contributed by atoms with Crippen molar-refractivity contribution in [2.75, 3.05) is 18.5 Å². The number of rotatable bonds is 6. The molecule has 1 aromatic rings. The van der Waals surface area contributed by atoms with Crippen molar-refractivity contribution in [1.82, 2.24) is 4.98 Å². The minimum atomic E-state index is -0.331. The fraction of sp³-hybridized carbons (Fsp3) is 0.733. The van der Waals surface area contributed by atoms with Crippen molar-refractivity contribution in [3.8, 4) is 0 Å². The summed E-state index contributed by atoms with van der Waals surface area (Å²) >= 11 is 1.47. The summed E-state index contributed by atoms with van der Waals surface area (Å²) < 4.78 is 5.00. The van der Waals surface area contributed by atoms with Gasteiger partial charge in [0, 0.05) is 6.54 Å². The average Bonchev–Trinajstić information content (AvgIpc) is 2.87. The second kappa shape index (κ2) is 7.62. The highest BCUT2D eigenvalue weighted by molar-refractivity contribution is 7.14. The second-order valence-corrected chi connectivity index (χ2v) is 6.46. The van der Waals surface area contributed by atoms with Gasteiger partial charge in [0.1, 0.15) is 5.00 Å². The molecule has 1 saturated carbocycles. The van der Waals surface area contributed by atoms with E-state index in [9.17, 15) is 4.79 Å². The Kier molecular flexibility index (Phi) is 5.83. The van der Waals surface area contributed by atoms with Crippen LogP contribution in [0.4, 0.5) is 5.00 Å². The summed E-state index contributed by atoms with van der Waals surface area (Å²) in [5.41, 5.74) is 2.12. The Bertz CT molecular complexity index is 433. The van der Waals surface area contributed by atoms with Crippen molar-refractivity contribution in [3.63, 3.8) is 0 Å². The molecule has 112 valence electrons. The molecule has 2 atom stereocenters. The molecular formula is C15H24N2O2S. The van der Waals surface area contributed by atoms with E-state index in [-0.39, 0.29) is 5.97 Å². The van der Waals surface area contributed by atoms with E-state index in [2.05, 4.69) is 17.2 Å². The summed E-state index contributed by atoms with van der Waals surface area (Å²) in [5.74, 6) is 1.36. The van der Waals surface area contributed by atoms with E-state index in [1.807, 2.05) is 6.92 Å². The third-order valence-corrected chi connectivity index (χ3v) is 4.70. The maximum atomic E-state index is 11.7. The molecule has 1 N–H and O–H groups in total. The molecule has 2 unspecified atom stereocenters. The first-order chi connectivity index (χ1) is 9.70. The smallest absolute Gasteiger partial charge is 0.360 e. The minimum Gasteiger partial charge on any atom is -0.461 e. The quantitative estimate of drug-likeness (QED) is 0.808. The highest BCUT2D eigenvalue weighted by Gasteiger charge is 2.19. The molecule has 0 radical (unpaired) electrons. The molecule has 0 amide bonds. The van der Waals surface area contributed by atoms with Gasteiger partial charge in [0.25, 0.3) is 0 Å². The lowest BCUT2D eigenvalue weighted by Gasteiger charge is -2.26. The van der Waals surface area contributed by atoms with Gasteiger partial charge in [-0.05, 0) is 31.6 Å². The molecule has 0 aromatic carbocycles. The normalized spacial score (nSPS) is 22.5. The Morgan fingerprint density at radius 2 is 2.40 bits per heavy atom. The van der Waals surface area contributed by atoms with E-state index >= 15 is 0 Å². The lowest BCUT2D eigenvalue weighted by molar-refractivity contribution is 0.0521. The molecule has 20 heavy (non-hydrogen) atoms. The van der Waals surface area contributed by atoms with E-state index in [1.54, 1.807) is 5.51 Å². The number of anilines is 1. The van der Waals surface area contributed by atoms with E-state index in [4.69, 9.17) is 4.74 Å². The Balaban J connectivity index is 1.79. The molecule has 1 aliphatic carbocycles. The molecular weight excluding hydrogens is 272 g/mol. The van der Waals surface area contributed by atoms with Gasteiger partial charge in [0.2, 0.25) is 0 Å². The highest BCUT2D eigenvalue weighted by Crippen LogP contribution is 2.31. The summed E-state index contributed by atoms with van der Waals surface area (Å²) in [5, 5.41) is 4.19. The number of nitrogens with one attached hydrogen (secondary N) is 1. The zero-order valence-electron chi connectivity index (χ0n) is 12.4. The minimum absolute atomic E-state index is 0.331. The van der Waals surface area contributed by atoms with Crippen molar-refractivity contribution < 1.29 is 9.53 Å². The van der Waals surface area contributed by atoms with Crippen molar-refractivity contribution in [2.24, 2.45) is 11.8 Å². The number of hydrogen-bond donors (Lipinski definition) is 1. The summed E-state index contributed by atoms with van der Waals surface area (Å²) in [6.07, 6.45) is 6.60. The lowest BCUT2D eigenvalue weighted by Crippen LogP contribution is -2.17. The first-order valence-electron chi connectivity index (χ1n) is 7.55. The number of carbonyl (C=O) groups is 1. The molecule has 2 rings (SSSR count). The molecule has 5 heteroatoms. The van der Waals surface area contributed by atoms with E-state index in [1.165, 1.54) is 43.4 Å². The SMILES string of the molecule is CCOC(=O)c1ncsc1NCCC1CCCC(C)C1. The molecule has 1 heterocycles. The van der Waals surface area contributed by atoms with Crippen molar-refractivity contribution in [2.45, 2.75) is 46.0 Å². The third kappa shape index (κ3) is 4.20. The predicted molar refractivity (Wildman–Crippen MR) is 82.3 cm³/mol. The third-order valence-electron chi connectivity index (χ3n) is 3.92. The van der Waals surface area contributed by atoms with Crippen LogP contribution < -0.4 is 5.32 Å². The van der Waals surface area contributed by atoms with Gasteiger partial charge in [-0.25, -0.2) is 9.78 Å². The van der Waals surface area contributed by atoms with Gasteiger partial charge in [-0.1, -0.05) is 26.2 Å². The molecule has 1 aliphatic rings. The second-order valence-electron chi connectivity index (χ2n) is 5.60. The topological polar surface area (TPSA) is 51.2 Å². The lowest BCUT2D eigenvalue weighted by atomic mass is 9.81. The Morgan fingerprint density at radius 3 is 3.15 bits per heavy atom. The maximum Gasteiger partial charge on any atom is 0.360 e. The van der Waals surface area contributed by atoms with Gasteiger partial charge >= 0.3 is 5.97 Å². The van der Waals surface area contributed by atoms with Crippen LogP contribution in [0.15, 0.2) is 5.51 Å². The van der Waals surface area contributed by atoms with Crippen LogP contribution in [-0.2, 0) is 4.74 Å². The van der Waals surface area contributed by atoms with E-state index < -0.39 is 0 Å². The Labute approximate surface area is 124 Å². The van der Waals surface area contributed by atoms with Gasteiger partial charge in [0.15, 0.2) is 5.69 Å². The molecule has 0 bridgehead atoms. The molecule has 4 nitrogen and oxygen atoms in total. The van der Waals surface area contributed by atoms with Crippen LogP contribution in [0.3, 0.4) is 0 Å². The fourth-order valence-electron chi connectivity index (χ4n) is 2.93. The number of carbonyl (C=O) groups excluding carboxylic acids is 1. The van der Waals surface area contributed by atoms with Crippen LogP contribution in [0.2, 0.25) is 0 Å². The Hall–Kier alpha value is -1.10. The monoisotopic (exact) mass is 296 g/mol. The number of hydrogen-bond acceptors (Lipinski definition) is 5. The standard InChI is InChI=1S/C15H24N2O2S/c1-3-19-15(18)13-14(20-10-17-13)16-8-7-12-6-4-5-11(2)9-12/h10-12,16H,3-9H2,1-2H3. The van der Waals surface area contributed by atoms with Gasteiger partial charge in [-0.2, -0.15) is 0 Å². The number of thiazole rings is 1. The van der Waals surface area contributed by atoms with Gasteiger partial charge in [-0.15, -0.1) is 11.3 Å². The van der Waals surface area contributed by atoms with Crippen molar-refractivity contribution >= 4 is 22.3 Å². The largest absolute Gasteiger partial charge is 0.461 e. The molecule has 0 spiro atoms. The molecule has 0 saturated heterocycles. The summed E-state index contributed by atoms with van der Waals surface area (Å²) in [6.45, 7) is 5.45. The number of aromatic nitrogens is 1. The zero-order valence-corrected chi connectivity index (χ0v) is 13.2. The predicted octanol–water partition coefficient (Wildman–Crippen LogP) is 3.95. The van der Waals surface area contributed by atoms with Crippen LogP contribution in [0.25, 0.3) is 0 Å². The van der Waals surface area contributed by atoms with E-state index in [0.717, 1.165) is 23.4 Å². The number of nitrogens with zero attached hydrogens (tertiary/aromatic N) is 1. The first-order valence-corrected chi connectivity index (χ1v) is 8.43. The van der Waals surface area contributed by atoms with Gasteiger partial charge in [-0.3, -0.25) is 0 Å². The molecule has 1 aromatic heterocycles. The Morgan fingerprint density at radius 1 is 1.55 bits per heavy atom. The highest BCUT2D eigenvalue weighted by atomic mass is 32.1. The zero-order chi connectivity index (χ0) is 14.4. The van der Waals surface area contributed by atoms with Crippen LogP contribution in [0.5, 0.6) is 0 Å². The maximum absolute atomic E-state index is 11.7. The number of esters is 1. The first kappa shape index (κ1) is 15.3. The molecule has 1 fully saturated rings. The van der Waals surface area contributed by atoms with E-state index in [0.29, 0.717) is 12.3 Å². The van der Waals surface area contributed by atoms with Crippen LogP contribution >= 0.6 is 11.3 Å². The van der Waals surface area contributed by atoms with Crippen molar-refractivity contribution in [1.29, 1.82) is 0 Å². The van der Waals surface area contributed by atoms with Crippen molar-refractivity contribution in [3.05, 3.63) is 11.2 Å².